The molecule has 2 fully saturated rings. The van der Waals surface area contributed by atoms with E-state index in [4.69, 9.17) is 33.7 Å². The summed E-state index contributed by atoms with van der Waals surface area (Å²) in [5, 5.41) is 60.3. The van der Waals surface area contributed by atoms with Crippen LogP contribution in [0.2, 0.25) is 0 Å². The van der Waals surface area contributed by atoms with Gasteiger partial charge in [0.25, 0.3) is 5.91 Å². The van der Waals surface area contributed by atoms with E-state index < -0.39 is 74.3 Å². The number of nitrogens with one attached hydrogen (secondary N) is 2. The summed E-state index contributed by atoms with van der Waals surface area (Å²) in [4.78, 5) is 63.9. The Labute approximate surface area is 437 Å². The second-order valence-electron chi connectivity index (χ2n) is 20.1. The van der Waals surface area contributed by atoms with E-state index in [9.17, 15) is 40.2 Å². The smallest absolute Gasteiger partial charge is 0.305 e. The van der Waals surface area contributed by atoms with Crippen molar-refractivity contribution in [3.63, 3.8) is 0 Å². The topological polar surface area (TPSA) is 283 Å². The summed E-state index contributed by atoms with van der Waals surface area (Å²) in [6.07, 6.45) is -5.11. The lowest BCUT2D eigenvalue weighted by atomic mass is 9.84. The van der Waals surface area contributed by atoms with Crippen LogP contribution in [-0.4, -0.2) is 188 Å². The van der Waals surface area contributed by atoms with Gasteiger partial charge in [-0.25, -0.2) is 4.98 Å². The quantitative estimate of drug-likeness (QED) is 0.0590. The number of esters is 1. The normalized spacial score (nSPS) is 24.8. The van der Waals surface area contributed by atoms with Crippen molar-refractivity contribution in [2.75, 3.05) is 60.7 Å². The lowest BCUT2D eigenvalue weighted by Crippen LogP contribution is -2.50. The van der Waals surface area contributed by atoms with E-state index in [1.165, 1.54) is 7.11 Å². The number of aliphatic hydroxyl groups is 6. The standard InChI is InChI=1S/C55H76N6O14/c1-10-32-28(3)36-21-38-30(5)34(14-15-47(67)71-9)51(58-38)35(20-46(66)60(7)16-12-18-72-48-24-42(64)53(68)44(26-62)74-48)52-50(55(70)61(8)17-13-19-73-49-25-43(65)54(69)45(27-63)75-49)31(6)39(59-52)23-41-33(11-2)29(4)37(57-41)22-40(32)56-36/h10,21-23,30,34,42-45,48-49,53-54,56-57,62-65,68-69H,1,11-20,24-27H2,2-9H3/t30-,34-,42?,43+,44+,45+,48+,49+,53-,54-/m0/s1. The van der Waals surface area contributed by atoms with Gasteiger partial charge in [-0.05, 0) is 86.9 Å². The van der Waals surface area contributed by atoms with Gasteiger partial charge >= 0.3 is 5.97 Å². The maximum Gasteiger partial charge on any atom is 0.305 e. The van der Waals surface area contributed by atoms with E-state index in [2.05, 4.69) is 36.5 Å². The van der Waals surface area contributed by atoms with Gasteiger partial charge in [-0.1, -0.05) is 26.5 Å². The molecule has 0 saturated carbocycles. The number of fused-ring (bicyclic) bond motifs is 8. The van der Waals surface area contributed by atoms with E-state index in [1.54, 1.807) is 23.9 Å². The van der Waals surface area contributed by atoms with Crippen LogP contribution in [0.5, 0.6) is 0 Å². The maximum absolute atomic E-state index is 15.2. The summed E-state index contributed by atoms with van der Waals surface area (Å²) in [6.45, 7) is 13.9. The van der Waals surface area contributed by atoms with Crippen LogP contribution < -0.4 is 0 Å². The van der Waals surface area contributed by atoms with Crippen LogP contribution in [0.25, 0.3) is 39.3 Å². The SMILES string of the molecule is C=Cc1c(C)c2cc3nc(c(CC(=O)N(C)CCCO[C@H]4CC(O)[C@H](O)[C@@H](CO)O4)c4nc(cc5[nH]c(cc1[nH]2)c(C)c5CC)C(C)=C4C(=O)N(C)CCCO[C@H]1C[C@@H](O)[C@H](O)[C@@H](CO)O1)[C@@H](CCC(=O)OC)[C@@H]3C. The van der Waals surface area contributed by atoms with Gasteiger partial charge in [0.1, 0.15) is 24.4 Å². The number of allylic oxidation sites excluding steroid dienone is 1. The minimum Gasteiger partial charge on any atom is -0.469 e. The molecule has 10 atom stereocenters. The molecule has 2 amide bonds. The molecule has 20 nitrogen and oxygen atoms in total. The van der Waals surface area contributed by atoms with Crippen LogP contribution in [0.4, 0.5) is 0 Å². The molecule has 0 radical (unpaired) electrons. The molecule has 7 heterocycles. The van der Waals surface area contributed by atoms with Gasteiger partial charge in [-0.3, -0.25) is 19.4 Å². The number of aromatic amines is 2. The molecule has 0 aromatic carbocycles. The van der Waals surface area contributed by atoms with Crippen molar-refractivity contribution in [2.45, 2.75) is 147 Å². The number of hydrogen-bond donors (Lipinski definition) is 8. The maximum atomic E-state index is 15.2. The number of nitrogens with zero attached hydrogens (tertiary/aromatic N) is 4. The Hall–Kier alpha value is -5.39. The van der Waals surface area contributed by atoms with Crippen molar-refractivity contribution in [2.24, 2.45) is 0 Å². The molecule has 4 aliphatic rings. The van der Waals surface area contributed by atoms with Gasteiger partial charge in [-0.15, -0.1) is 0 Å². The fourth-order valence-electron chi connectivity index (χ4n) is 10.6. The molecular weight excluding hydrogens is 969 g/mol. The van der Waals surface area contributed by atoms with Crippen LogP contribution in [-0.2, 0) is 50.9 Å². The van der Waals surface area contributed by atoms with Crippen molar-refractivity contribution >= 4 is 57.1 Å². The van der Waals surface area contributed by atoms with Crippen molar-refractivity contribution in [3.8, 4) is 0 Å². The zero-order valence-corrected chi connectivity index (χ0v) is 44.4. The number of hydrogen-bond acceptors (Lipinski definition) is 16. The predicted octanol–water partition coefficient (Wildman–Crippen LogP) is 3.84. The van der Waals surface area contributed by atoms with Gasteiger partial charge < -0.3 is 74.1 Å². The molecule has 8 bridgehead atoms. The van der Waals surface area contributed by atoms with Crippen molar-refractivity contribution in [3.05, 3.63) is 75.4 Å². The largest absolute Gasteiger partial charge is 0.469 e. The van der Waals surface area contributed by atoms with Crippen LogP contribution in [0, 0.1) is 13.8 Å². The number of carbonyl (C=O) groups is 3. The first-order valence-electron chi connectivity index (χ1n) is 26.0. The molecule has 3 aromatic rings. The molecule has 0 spiro atoms. The molecule has 8 N–H and O–H groups in total. The molecule has 0 aliphatic carbocycles. The highest BCUT2D eigenvalue weighted by Gasteiger charge is 2.39. The summed E-state index contributed by atoms with van der Waals surface area (Å²) in [5.41, 5.74) is 10.6. The number of ether oxygens (including phenoxy) is 5. The van der Waals surface area contributed by atoms with E-state index >= 15 is 4.79 Å². The van der Waals surface area contributed by atoms with Gasteiger partial charge in [0, 0.05) is 97.2 Å². The number of aromatic nitrogens is 4. The molecule has 75 heavy (non-hydrogen) atoms. The van der Waals surface area contributed by atoms with Gasteiger partial charge in [0.05, 0.1) is 74.8 Å². The minimum absolute atomic E-state index is 0.00679. The molecule has 7 rings (SSSR count). The number of amides is 2. The summed E-state index contributed by atoms with van der Waals surface area (Å²) in [7, 11) is 4.68. The number of aliphatic hydroxyl groups excluding tert-OH is 6. The van der Waals surface area contributed by atoms with E-state index in [0.29, 0.717) is 53.9 Å². The third-order valence-electron chi connectivity index (χ3n) is 15.2. The van der Waals surface area contributed by atoms with Crippen LogP contribution in [0.15, 0.2) is 24.8 Å². The van der Waals surface area contributed by atoms with Crippen molar-refractivity contribution in [1.82, 2.24) is 29.7 Å². The Kier molecular flexibility index (Phi) is 19.2. The summed E-state index contributed by atoms with van der Waals surface area (Å²) < 4.78 is 28.2. The van der Waals surface area contributed by atoms with Crippen LogP contribution in [0.3, 0.4) is 0 Å². The predicted molar refractivity (Wildman–Crippen MR) is 280 cm³/mol. The van der Waals surface area contributed by atoms with Gasteiger partial charge in [-0.2, -0.15) is 0 Å². The second-order valence-corrected chi connectivity index (χ2v) is 20.1. The third kappa shape index (κ3) is 12.6. The van der Waals surface area contributed by atoms with Crippen LogP contribution in [0.1, 0.15) is 122 Å². The van der Waals surface area contributed by atoms with Crippen molar-refractivity contribution in [1.29, 1.82) is 0 Å². The van der Waals surface area contributed by atoms with Gasteiger partial charge in [0.2, 0.25) is 5.91 Å². The average molecular weight is 1050 g/mol. The van der Waals surface area contributed by atoms with E-state index in [0.717, 1.165) is 44.3 Å². The molecular formula is C55H76N6O14. The first-order chi connectivity index (χ1) is 35.8. The fraction of sp³-hybridized carbons (Fsp3) is 0.582. The first kappa shape index (κ1) is 57.3. The monoisotopic (exact) mass is 1040 g/mol. The van der Waals surface area contributed by atoms with Crippen LogP contribution >= 0.6 is 0 Å². The number of rotatable bonds is 20. The Morgan fingerprint density at radius 3 is 1.97 bits per heavy atom. The number of likely N-dealkylation sites (N-methyl/N-ethyl adjacent to an activating group) is 2. The molecule has 1 unspecified atom stereocenters. The molecule has 3 aromatic heterocycles. The lowest BCUT2D eigenvalue weighted by molar-refractivity contribution is -0.257. The highest BCUT2D eigenvalue weighted by atomic mass is 16.7. The second kappa shape index (κ2) is 25.2. The molecule has 410 valence electrons. The first-order valence-corrected chi connectivity index (χ1v) is 26.0. The Balaban J connectivity index is 1.34. The fourth-order valence-corrected chi connectivity index (χ4v) is 10.6. The van der Waals surface area contributed by atoms with Crippen molar-refractivity contribution < 1.29 is 68.7 Å². The Bertz CT molecular complexity index is 2770. The summed E-state index contributed by atoms with van der Waals surface area (Å²) in [5.74, 6) is -1.78. The number of aryl methyl sites for hydroxylation is 3. The summed E-state index contributed by atoms with van der Waals surface area (Å²) >= 11 is 0. The van der Waals surface area contributed by atoms with Gasteiger partial charge in [0.15, 0.2) is 12.6 Å². The highest BCUT2D eigenvalue weighted by molar-refractivity contribution is 6.27. The van der Waals surface area contributed by atoms with E-state index in [1.807, 2.05) is 39.0 Å². The zero-order valence-electron chi connectivity index (χ0n) is 44.4. The molecule has 2 saturated heterocycles. The van der Waals surface area contributed by atoms with E-state index in [-0.39, 0.29) is 81.0 Å². The molecule has 4 aliphatic heterocycles. The lowest BCUT2D eigenvalue weighted by Gasteiger charge is -2.36. The average Bonchev–Trinajstić information content (AvgIpc) is 4.08. The minimum atomic E-state index is -1.25. The number of methoxy groups -OCH3 is 1. The molecule has 20 heteroatoms. The number of carbonyl (C=O) groups excluding carboxylic acids is 3. The Morgan fingerprint density at radius 2 is 1.40 bits per heavy atom. The zero-order chi connectivity index (χ0) is 54.4. The Morgan fingerprint density at radius 1 is 0.813 bits per heavy atom. The third-order valence-corrected chi connectivity index (χ3v) is 15.2. The number of H-pyrrole nitrogens is 2. The highest BCUT2D eigenvalue weighted by Crippen LogP contribution is 2.44. The summed E-state index contributed by atoms with van der Waals surface area (Å²) in [6, 6.07) is 6.01.